The molecule has 0 radical (unpaired) electrons. The summed E-state index contributed by atoms with van der Waals surface area (Å²) in [5, 5.41) is 5.32. The molecule has 2 N–H and O–H groups in total. The number of nitrogens with two attached hydrogens (primary N) is 1. The quantitative estimate of drug-likeness (QED) is 0.851. The highest BCUT2D eigenvalue weighted by Gasteiger charge is 2.17. The van der Waals surface area contributed by atoms with E-state index < -0.39 is 0 Å². The largest absolute Gasteiger partial charge is 0.399 e. The summed E-state index contributed by atoms with van der Waals surface area (Å²) in [5.74, 6) is 0.152. The Hall–Kier alpha value is -2.04. The topological polar surface area (TPSA) is 64.1 Å². The number of nitrogen functional groups attached to an aromatic ring is 1. The minimum Gasteiger partial charge on any atom is -0.399 e. The number of benzene rings is 1. The van der Waals surface area contributed by atoms with E-state index >= 15 is 0 Å². The fourth-order valence-electron chi connectivity index (χ4n) is 2.76. The third-order valence-electron chi connectivity index (χ3n) is 3.91. The van der Waals surface area contributed by atoms with Gasteiger partial charge < -0.3 is 10.6 Å². The third kappa shape index (κ3) is 2.61. The fourth-order valence-corrected chi connectivity index (χ4v) is 2.76. The molecule has 3 rings (SSSR count). The van der Waals surface area contributed by atoms with Crippen molar-refractivity contribution in [2.75, 3.05) is 18.8 Å². The van der Waals surface area contributed by atoms with Gasteiger partial charge in [-0.05, 0) is 31.0 Å². The molecule has 1 aliphatic heterocycles. The van der Waals surface area contributed by atoms with Gasteiger partial charge in [0.2, 0.25) is 5.91 Å². The van der Waals surface area contributed by atoms with Crippen molar-refractivity contribution in [1.82, 2.24) is 14.7 Å². The van der Waals surface area contributed by atoms with Crippen LogP contribution in [0.5, 0.6) is 0 Å². The highest BCUT2D eigenvalue weighted by Crippen LogP contribution is 2.17. The van der Waals surface area contributed by atoms with Crippen LogP contribution in [0, 0.1) is 0 Å². The second-order valence-corrected chi connectivity index (χ2v) is 5.42. The number of rotatable bonds is 2. The maximum Gasteiger partial charge on any atom is 0.244 e. The first-order chi connectivity index (χ1) is 9.74. The van der Waals surface area contributed by atoms with E-state index in [0.29, 0.717) is 12.2 Å². The van der Waals surface area contributed by atoms with Crippen LogP contribution in [-0.2, 0) is 11.3 Å². The minimum atomic E-state index is 0.152. The van der Waals surface area contributed by atoms with Crippen molar-refractivity contribution in [2.45, 2.75) is 32.2 Å². The minimum absolute atomic E-state index is 0.152. The van der Waals surface area contributed by atoms with Crippen LogP contribution >= 0.6 is 0 Å². The summed E-state index contributed by atoms with van der Waals surface area (Å²) >= 11 is 0. The van der Waals surface area contributed by atoms with Gasteiger partial charge in [0, 0.05) is 24.2 Å². The molecule has 1 fully saturated rings. The van der Waals surface area contributed by atoms with E-state index in [0.717, 1.165) is 36.8 Å². The standard InChI is InChI=1S/C15H20N4O/c16-13-6-5-12-10-17-19(14(12)9-13)11-15(20)18-7-3-1-2-4-8-18/h5-6,9-10H,1-4,7-8,11,16H2. The van der Waals surface area contributed by atoms with Gasteiger partial charge in [-0.2, -0.15) is 5.10 Å². The molecular weight excluding hydrogens is 252 g/mol. The van der Waals surface area contributed by atoms with Crippen LogP contribution in [0.4, 0.5) is 5.69 Å². The number of hydrogen-bond acceptors (Lipinski definition) is 3. The lowest BCUT2D eigenvalue weighted by molar-refractivity contribution is -0.131. The van der Waals surface area contributed by atoms with Crippen molar-refractivity contribution >= 4 is 22.5 Å². The summed E-state index contributed by atoms with van der Waals surface area (Å²) in [6, 6.07) is 5.66. The Morgan fingerprint density at radius 1 is 1.20 bits per heavy atom. The number of carbonyl (C=O) groups excluding carboxylic acids is 1. The van der Waals surface area contributed by atoms with Gasteiger partial charge in [-0.1, -0.05) is 12.8 Å². The van der Waals surface area contributed by atoms with Crippen LogP contribution in [-0.4, -0.2) is 33.7 Å². The maximum absolute atomic E-state index is 12.4. The molecule has 5 heteroatoms. The normalized spacial score (nSPS) is 16.3. The Morgan fingerprint density at radius 3 is 2.70 bits per heavy atom. The zero-order chi connectivity index (χ0) is 13.9. The Labute approximate surface area is 118 Å². The predicted molar refractivity (Wildman–Crippen MR) is 79.2 cm³/mol. The molecule has 1 amide bonds. The first kappa shape index (κ1) is 13.0. The second-order valence-electron chi connectivity index (χ2n) is 5.42. The molecule has 1 aromatic carbocycles. The van der Waals surface area contributed by atoms with Gasteiger partial charge in [0.25, 0.3) is 0 Å². The van der Waals surface area contributed by atoms with Crippen LogP contribution in [0.3, 0.4) is 0 Å². The summed E-state index contributed by atoms with van der Waals surface area (Å²) in [6.45, 7) is 2.05. The molecule has 0 saturated carbocycles. The summed E-state index contributed by atoms with van der Waals surface area (Å²) in [4.78, 5) is 14.3. The SMILES string of the molecule is Nc1ccc2cnn(CC(=O)N3CCCCCC3)c2c1. The molecule has 20 heavy (non-hydrogen) atoms. The van der Waals surface area contributed by atoms with Gasteiger partial charge in [-0.25, -0.2) is 0 Å². The number of fused-ring (bicyclic) bond motifs is 1. The van der Waals surface area contributed by atoms with Gasteiger partial charge in [-0.3, -0.25) is 9.48 Å². The Bertz CT molecular complexity index is 611. The number of hydrogen-bond donors (Lipinski definition) is 1. The van der Waals surface area contributed by atoms with Crippen LogP contribution in [0.15, 0.2) is 24.4 Å². The van der Waals surface area contributed by atoms with Crippen molar-refractivity contribution in [3.8, 4) is 0 Å². The van der Waals surface area contributed by atoms with Crippen molar-refractivity contribution < 1.29 is 4.79 Å². The fraction of sp³-hybridized carbons (Fsp3) is 0.467. The van der Waals surface area contributed by atoms with E-state index in [1.54, 1.807) is 10.9 Å². The zero-order valence-electron chi connectivity index (χ0n) is 11.6. The zero-order valence-corrected chi connectivity index (χ0v) is 11.6. The van der Waals surface area contributed by atoms with Gasteiger partial charge >= 0.3 is 0 Å². The molecule has 0 atom stereocenters. The summed E-state index contributed by atoms with van der Waals surface area (Å²) < 4.78 is 1.75. The summed E-state index contributed by atoms with van der Waals surface area (Å²) in [7, 11) is 0. The Morgan fingerprint density at radius 2 is 1.95 bits per heavy atom. The smallest absolute Gasteiger partial charge is 0.244 e. The first-order valence-corrected chi connectivity index (χ1v) is 7.23. The van der Waals surface area contributed by atoms with E-state index in [1.165, 1.54) is 12.8 Å². The van der Waals surface area contributed by atoms with Gasteiger partial charge in [0.15, 0.2) is 0 Å². The average molecular weight is 272 g/mol. The molecule has 0 unspecified atom stereocenters. The Kier molecular flexibility index (Phi) is 3.58. The molecule has 2 aromatic rings. The van der Waals surface area contributed by atoms with E-state index in [-0.39, 0.29) is 5.91 Å². The predicted octanol–water partition coefficient (Wildman–Crippen LogP) is 2.02. The first-order valence-electron chi connectivity index (χ1n) is 7.23. The highest BCUT2D eigenvalue weighted by atomic mass is 16.2. The van der Waals surface area contributed by atoms with Crippen LogP contribution in [0.1, 0.15) is 25.7 Å². The van der Waals surface area contributed by atoms with Crippen molar-refractivity contribution in [3.05, 3.63) is 24.4 Å². The molecule has 1 saturated heterocycles. The number of carbonyl (C=O) groups is 1. The van der Waals surface area contributed by atoms with Gasteiger partial charge in [0.05, 0.1) is 11.7 Å². The molecule has 0 spiro atoms. The summed E-state index contributed by atoms with van der Waals surface area (Å²) in [6.07, 6.45) is 6.46. The van der Waals surface area contributed by atoms with Crippen molar-refractivity contribution in [3.63, 3.8) is 0 Å². The number of anilines is 1. The third-order valence-corrected chi connectivity index (χ3v) is 3.91. The number of amides is 1. The van der Waals surface area contributed by atoms with E-state index in [2.05, 4.69) is 5.10 Å². The second kappa shape index (κ2) is 5.53. The van der Waals surface area contributed by atoms with Crippen molar-refractivity contribution in [1.29, 1.82) is 0 Å². The monoisotopic (exact) mass is 272 g/mol. The van der Waals surface area contributed by atoms with Crippen LogP contribution in [0.25, 0.3) is 10.9 Å². The van der Waals surface area contributed by atoms with Gasteiger partial charge in [0.1, 0.15) is 6.54 Å². The molecular formula is C15H20N4O. The van der Waals surface area contributed by atoms with Gasteiger partial charge in [-0.15, -0.1) is 0 Å². The highest BCUT2D eigenvalue weighted by molar-refractivity contribution is 5.84. The van der Waals surface area contributed by atoms with E-state index in [4.69, 9.17) is 5.73 Å². The number of aromatic nitrogens is 2. The molecule has 1 aromatic heterocycles. The number of nitrogens with zero attached hydrogens (tertiary/aromatic N) is 3. The lowest BCUT2D eigenvalue weighted by atomic mass is 10.2. The lowest BCUT2D eigenvalue weighted by Gasteiger charge is -2.20. The molecule has 5 nitrogen and oxygen atoms in total. The Balaban J connectivity index is 1.78. The number of likely N-dealkylation sites (tertiary alicyclic amines) is 1. The lowest BCUT2D eigenvalue weighted by Crippen LogP contribution is -2.34. The van der Waals surface area contributed by atoms with Crippen LogP contribution < -0.4 is 5.73 Å². The van der Waals surface area contributed by atoms with E-state index in [9.17, 15) is 4.79 Å². The average Bonchev–Trinajstić information content (AvgIpc) is 2.67. The van der Waals surface area contributed by atoms with E-state index in [1.807, 2.05) is 23.1 Å². The molecule has 106 valence electrons. The molecule has 0 bridgehead atoms. The molecule has 0 aliphatic carbocycles. The molecule has 1 aliphatic rings. The van der Waals surface area contributed by atoms with Crippen LogP contribution in [0.2, 0.25) is 0 Å². The maximum atomic E-state index is 12.4. The summed E-state index contributed by atoms with van der Waals surface area (Å²) in [5.41, 5.74) is 7.43. The molecule has 2 heterocycles. The van der Waals surface area contributed by atoms with Crippen molar-refractivity contribution in [2.24, 2.45) is 0 Å².